The number of nitrogens with zero attached hydrogens (tertiary/aromatic N) is 1. The van der Waals surface area contributed by atoms with Gasteiger partial charge in [-0.1, -0.05) is 135 Å². The lowest BCUT2D eigenvalue weighted by atomic mass is 10.1. The van der Waals surface area contributed by atoms with Crippen molar-refractivity contribution < 1.29 is 42.9 Å². The number of aliphatic carboxylic acids is 1. The van der Waals surface area contributed by atoms with Crippen LogP contribution in [-0.4, -0.2) is 87.4 Å². The van der Waals surface area contributed by atoms with Gasteiger partial charge in [-0.25, -0.2) is 4.79 Å². The molecule has 0 aliphatic heterocycles. The van der Waals surface area contributed by atoms with Crippen LogP contribution >= 0.6 is 0 Å². The fourth-order valence-electron chi connectivity index (χ4n) is 5.53. The van der Waals surface area contributed by atoms with Gasteiger partial charge in [0, 0.05) is 12.8 Å². The van der Waals surface area contributed by atoms with Crippen LogP contribution in [0, 0.1) is 0 Å². The van der Waals surface area contributed by atoms with Gasteiger partial charge in [0.25, 0.3) is 6.29 Å². The second-order valence-electron chi connectivity index (χ2n) is 14.9. The minimum atomic E-state index is -1.50. The molecule has 9 nitrogen and oxygen atoms in total. The van der Waals surface area contributed by atoms with E-state index in [1.165, 1.54) is 109 Å². The highest BCUT2D eigenvalue weighted by atomic mass is 16.7. The summed E-state index contributed by atoms with van der Waals surface area (Å²) in [6.45, 7) is 4.79. The number of carbonyl (C=O) groups excluding carboxylic acids is 2. The molecule has 294 valence electrons. The number of allylic oxidation sites excluding steroid dienone is 2. The molecule has 0 aliphatic rings. The lowest BCUT2D eigenvalue weighted by Crippen LogP contribution is -2.40. The zero-order valence-electron chi connectivity index (χ0n) is 33.1. The molecule has 2 atom stereocenters. The topological polar surface area (TPSA) is 108 Å². The molecule has 0 saturated carbocycles. The maximum absolute atomic E-state index is 12.7. The molecule has 0 saturated heterocycles. The van der Waals surface area contributed by atoms with Crippen molar-refractivity contribution in [1.29, 1.82) is 0 Å². The smallest absolute Gasteiger partial charge is 0.361 e. The third-order valence-corrected chi connectivity index (χ3v) is 8.77. The molecule has 0 radical (unpaired) electrons. The van der Waals surface area contributed by atoms with Crippen molar-refractivity contribution in [2.24, 2.45) is 0 Å². The number of rotatable bonds is 37. The summed E-state index contributed by atoms with van der Waals surface area (Å²) in [4.78, 5) is 36.7. The number of carboxylic acid groups (broad SMARTS) is 1. The first-order chi connectivity index (χ1) is 24.1. The Bertz CT molecular complexity index is 841. The quantitative estimate of drug-likeness (QED) is 0.0223. The third kappa shape index (κ3) is 34.5. The number of carboxylic acids is 1. The van der Waals surface area contributed by atoms with Crippen LogP contribution in [-0.2, 0) is 33.3 Å². The molecule has 0 spiro atoms. The molecule has 0 amide bonds. The Labute approximate surface area is 306 Å². The molecule has 2 unspecified atom stereocenters. The van der Waals surface area contributed by atoms with Crippen LogP contribution in [0.25, 0.3) is 0 Å². The van der Waals surface area contributed by atoms with Crippen molar-refractivity contribution in [3.05, 3.63) is 12.2 Å². The van der Waals surface area contributed by atoms with Gasteiger partial charge in [-0.2, -0.15) is 0 Å². The SMILES string of the molecule is CCCCCCCC/C=C\CCCCCCCCCCCC(=O)OC(COC(=O)CCCCCCCC)COC(OCC[N+](C)(C)C)C(=O)O. The number of carbonyl (C=O) groups is 3. The number of hydrogen-bond donors (Lipinski definition) is 1. The summed E-state index contributed by atoms with van der Waals surface area (Å²) >= 11 is 0. The Balaban J connectivity index is 4.32. The van der Waals surface area contributed by atoms with Gasteiger partial charge < -0.3 is 28.5 Å². The molecule has 0 fully saturated rings. The average Bonchev–Trinajstić information content (AvgIpc) is 3.06. The van der Waals surface area contributed by atoms with Gasteiger partial charge >= 0.3 is 17.9 Å². The third-order valence-electron chi connectivity index (χ3n) is 8.77. The van der Waals surface area contributed by atoms with Crippen molar-refractivity contribution in [2.75, 3.05) is 47.5 Å². The van der Waals surface area contributed by atoms with E-state index in [1.54, 1.807) is 0 Å². The molecule has 9 heteroatoms. The number of esters is 2. The minimum Gasteiger partial charge on any atom is -0.477 e. The normalized spacial score (nSPS) is 13.1. The second-order valence-corrected chi connectivity index (χ2v) is 14.9. The summed E-state index contributed by atoms with van der Waals surface area (Å²) in [5, 5.41) is 9.57. The molecule has 1 N–H and O–H groups in total. The highest BCUT2D eigenvalue weighted by Gasteiger charge is 2.25. The van der Waals surface area contributed by atoms with Crippen LogP contribution in [0.15, 0.2) is 12.2 Å². The summed E-state index contributed by atoms with van der Waals surface area (Å²) in [7, 11) is 5.94. The molecule has 0 heterocycles. The summed E-state index contributed by atoms with van der Waals surface area (Å²) in [6, 6.07) is 0. The Hall–Kier alpha value is -1.97. The zero-order valence-corrected chi connectivity index (χ0v) is 33.1. The summed E-state index contributed by atoms with van der Waals surface area (Å²) < 4.78 is 22.5. The lowest BCUT2D eigenvalue weighted by Gasteiger charge is -2.25. The van der Waals surface area contributed by atoms with Crippen LogP contribution in [0.4, 0.5) is 0 Å². The summed E-state index contributed by atoms with van der Waals surface area (Å²) in [5.41, 5.74) is 0. The predicted octanol–water partition coefficient (Wildman–Crippen LogP) is 9.94. The maximum Gasteiger partial charge on any atom is 0.361 e. The van der Waals surface area contributed by atoms with Gasteiger partial charge in [-0.3, -0.25) is 9.59 Å². The molecule has 0 aliphatic carbocycles. The van der Waals surface area contributed by atoms with Crippen LogP contribution in [0.3, 0.4) is 0 Å². The van der Waals surface area contributed by atoms with Gasteiger partial charge in [0.05, 0.1) is 34.4 Å². The van der Waals surface area contributed by atoms with E-state index in [9.17, 15) is 19.5 Å². The first kappa shape index (κ1) is 48.0. The summed E-state index contributed by atoms with van der Waals surface area (Å²) in [6.07, 6.45) is 30.1. The van der Waals surface area contributed by atoms with Crippen molar-refractivity contribution in [2.45, 2.75) is 187 Å². The Morgan fingerprint density at radius 1 is 0.580 bits per heavy atom. The van der Waals surface area contributed by atoms with E-state index in [0.717, 1.165) is 38.5 Å². The van der Waals surface area contributed by atoms with Crippen molar-refractivity contribution in [3.63, 3.8) is 0 Å². The average molecular weight is 713 g/mol. The largest absolute Gasteiger partial charge is 0.477 e. The van der Waals surface area contributed by atoms with E-state index >= 15 is 0 Å². The molecule has 0 rings (SSSR count). The van der Waals surface area contributed by atoms with E-state index in [1.807, 2.05) is 21.1 Å². The lowest BCUT2D eigenvalue weighted by molar-refractivity contribution is -0.870. The van der Waals surface area contributed by atoms with Crippen LogP contribution in [0.1, 0.15) is 174 Å². The van der Waals surface area contributed by atoms with E-state index in [4.69, 9.17) is 18.9 Å². The second kappa shape index (κ2) is 34.1. The molecule has 50 heavy (non-hydrogen) atoms. The van der Waals surface area contributed by atoms with Crippen LogP contribution < -0.4 is 0 Å². The van der Waals surface area contributed by atoms with Gasteiger partial charge in [0.1, 0.15) is 13.2 Å². The number of ether oxygens (including phenoxy) is 4. The molecular weight excluding hydrogens is 634 g/mol. The van der Waals surface area contributed by atoms with Crippen molar-refractivity contribution >= 4 is 17.9 Å². The van der Waals surface area contributed by atoms with E-state index < -0.39 is 24.3 Å². The highest BCUT2D eigenvalue weighted by Crippen LogP contribution is 2.14. The van der Waals surface area contributed by atoms with Gasteiger partial charge in [0.15, 0.2) is 6.10 Å². The number of hydrogen-bond acceptors (Lipinski definition) is 7. The maximum atomic E-state index is 12.7. The summed E-state index contributed by atoms with van der Waals surface area (Å²) in [5.74, 6) is -2.02. The standard InChI is InChI=1S/C41H77NO8/c1-6-8-10-12-14-15-16-17-18-19-20-21-22-23-24-25-26-28-30-32-39(44)50-37(35-48-38(43)31-29-27-13-11-9-7-2)36-49-41(40(45)46)47-34-33-42(3,4)5/h17-18,37,41H,6-16,19-36H2,1-5H3/p+1/b18-17-. The van der Waals surface area contributed by atoms with Crippen LogP contribution in [0.2, 0.25) is 0 Å². The van der Waals surface area contributed by atoms with Crippen molar-refractivity contribution in [1.82, 2.24) is 0 Å². The molecule has 0 bridgehead atoms. The highest BCUT2D eigenvalue weighted by molar-refractivity contribution is 5.71. The van der Waals surface area contributed by atoms with Gasteiger partial charge in [0.2, 0.25) is 0 Å². The Morgan fingerprint density at radius 3 is 1.48 bits per heavy atom. The predicted molar refractivity (Wildman–Crippen MR) is 203 cm³/mol. The van der Waals surface area contributed by atoms with Crippen molar-refractivity contribution in [3.8, 4) is 0 Å². The molecular formula is C41H78NO8+. The molecule has 0 aromatic carbocycles. The van der Waals surface area contributed by atoms with Gasteiger partial charge in [-0.05, 0) is 38.5 Å². The fourth-order valence-corrected chi connectivity index (χ4v) is 5.53. The first-order valence-corrected chi connectivity index (χ1v) is 20.4. The molecule has 0 aromatic heterocycles. The first-order valence-electron chi connectivity index (χ1n) is 20.4. The van der Waals surface area contributed by atoms with Crippen LogP contribution in [0.5, 0.6) is 0 Å². The molecule has 0 aromatic rings. The zero-order chi connectivity index (χ0) is 37.1. The van der Waals surface area contributed by atoms with E-state index in [0.29, 0.717) is 17.4 Å². The number of likely N-dealkylation sites (N-methyl/N-ethyl adjacent to an activating group) is 1. The number of unbranched alkanes of at least 4 members (excludes halogenated alkanes) is 20. The van der Waals surface area contributed by atoms with E-state index in [-0.39, 0.29) is 32.2 Å². The monoisotopic (exact) mass is 713 g/mol. The Kier molecular flexibility index (Phi) is 32.8. The Morgan fingerprint density at radius 2 is 1.02 bits per heavy atom. The van der Waals surface area contributed by atoms with Gasteiger partial charge in [-0.15, -0.1) is 0 Å². The minimum absolute atomic E-state index is 0.179. The number of quaternary nitrogens is 1. The van der Waals surface area contributed by atoms with E-state index in [2.05, 4.69) is 26.0 Å². The fraction of sp³-hybridized carbons (Fsp3) is 0.878.